The van der Waals surface area contributed by atoms with Crippen molar-refractivity contribution in [2.45, 2.75) is 26.7 Å². The predicted molar refractivity (Wildman–Crippen MR) is 134 cm³/mol. The number of aryl methyl sites for hydroxylation is 2. The Labute approximate surface area is 189 Å². The van der Waals surface area contributed by atoms with Crippen LogP contribution in [-0.4, -0.2) is 10.9 Å². The fourth-order valence-electron chi connectivity index (χ4n) is 3.82. The van der Waals surface area contributed by atoms with Gasteiger partial charge >= 0.3 is 0 Å². The van der Waals surface area contributed by atoms with Gasteiger partial charge in [-0.05, 0) is 72.3 Å². The Morgan fingerprint density at radius 2 is 1.77 bits per heavy atom. The van der Waals surface area contributed by atoms with Crippen molar-refractivity contribution in [2.75, 3.05) is 5.32 Å². The Morgan fingerprint density at radius 3 is 2.58 bits per heavy atom. The summed E-state index contributed by atoms with van der Waals surface area (Å²) in [5, 5.41) is 5.27. The summed E-state index contributed by atoms with van der Waals surface area (Å²) in [6.45, 7) is 4.25. The number of carbonyl (C=O) groups is 1. The van der Waals surface area contributed by atoms with E-state index in [-0.39, 0.29) is 5.91 Å². The number of amides is 1. The maximum Gasteiger partial charge on any atom is 0.266 e. The van der Waals surface area contributed by atoms with Gasteiger partial charge in [0.15, 0.2) is 0 Å². The van der Waals surface area contributed by atoms with Crippen molar-refractivity contribution in [1.82, 2.24) is 4.98 Å². The Bertz CT molecular complexity index is 1400. The van der Waals surface area contributed by atoms with Gasteiger partial charge in [0.25, 0.3) is 5.91 Å². The molecule has 2 aromatic heterocycles. The molecular formula is C26H22N2OS2. The monoisotopic (exact) mass is 442 g/mol. The molecule has 1 N–H and O–H groups in total. The Morgan fingerprint density at radius 1 is 0.968 bits per heavy atom. The number of carbonyl (C=O) groups excluding carboxylic acids is 1. The molecule has 5 aromatic rings. The van der Waals surface area contributed by atoms with Gasteiger partial charge in [0.1, 0.15) is 5.01 Å². The van der Waals surface area contributed by atoms with Crippen molar-refractivity contribution < 1.29 is 4.79 Å². The third-order valence-electron chi connectivity index (χ3n) is 5.34. The van der Waals surface area contributed by atoms with Gasteiger partial charge in [0, 0.05) is 16.0 Å². The molecule has 3 aromatic carbocycles. The van der Waals surface area contributed by atoms with Crippen molar-refractivity contribution in [3.8, 4) is 10.6 Å². The molecule has 0 saturated heterocycles. The quantitative estimate of drug-likeness (QED) is 0.303. The summed E-state index contributed by atoms with van der Waals surface area (Å²) >= 11 is 3.27. The maximum absolute atomic E-state index is 13.1. The van der Waals surface area contributed by atoms with Crippen LogP contribution in [0.5, 0.6) is 0 Å². The molecule has 5 heteroatoms. The first-order valence-electron chi connectivity index (χ1n) is 10.4. The Hall–Kier alpha value is -3.02. The van der Waals surface area contributed by atoms with E-state index in [2.05, 4.69) is 49.5 Å². The van der Waals surface area contributed by atoms with Crippen molar-refractivity contribution in [3.63, 3.8) is 0 Å². The van der Waals surface area contributed by atoms with E-state index >= 15 is 0 Å². The Balaban J connectivity index is 1.40. The zero-order valence-electron chi connectivity index (χ0n) is 17.4. The first kappa shape index (κ1) is 19.9. The van der Waals surface area contributed by atoms with Crippen LogP contribution in [0.4, 0.5) is 5.69 Å². The second kappa shape index (κ2) is 8.25. The van der Waals surface area contributed by atoms with Crippen molar-refractivity contribution >= 4 is 54.6 Å². The van der Waals surface area contributed by atoms with Crippen LogP contribution in [-0.2, 0) is 6.42 Å². The molecule has 0 atom stereocenters. The minimum atomic E-state index is -0.0344. The highest BCUT2D eigenvalue weighted by molar-refractivity contribution is 7.21. The number of nitrogens with one attached hydrogen (secondary N) is 1. The zero-order chi connectivity index (χ0) is 21.4. The summed E-state index contributed by atoms with van der Waals surface area (Å²) in [5.74, 6) is -0.0344. The fraction of sp³-hybridized carbons (Fsp3) is 0.154. The van der Waals surface area contributed by atoms with Gasteiger partial charge < -0.3 is 5.32 Å². The van der Waals surface area contributed by atoms with E-state index in [1.165, 1.54) is 15.6 Å². The zero-order valence-corrected chi connectivity index (χ0v) is 19.1. The van der Waals surface area contributed by atoms with Crippen LogP contribution < -0.4 is 5.32 Å². The summed E-state index contributed by atoms with van der Waals surface area (Å²) in [4.78, 5) is 18.6. The second-order valence-corrected chi connectivity index (χ2v) is 9.76. The molecule has 0 aliphatic carbocycles. The Kier molecular flexibility index (Phi) is 5.30. The van der Waals surface area contributed by atoms with Gasteiger partial charge in [-0.2, -0.15) is 0 Å². The highest BCUT2D eigenvalue weighted by Crippen LogP contribution is 2.34. The number of nitrogens with zero attached hydrogens (tertiary/aromatic N) is 1. The van der Waals surface area contributed by atoms with E-state index in [9.17, 15) is 4.79 Å². The van der Waals surface area contributed by atoms with E-state index in [1.807, 2.05) is 36.4 Å². The van der Waals surface area contributed by atoms with E-state index in [0.717, 1.165) is 49.8 Å². The lowest BCUT2D eigenvalue weighted by Gasteiger charge is -2.07. The molecule has 31 heavy (non-hydrogen) atoms. The SMILES string of the molecule is CCCc1c(C(=O)Nc2ccc(-c3nc4ccc(C)cc4s3)cc2)sc2ccccc12. The lowest BCUT2D eigenvalue weighted by Crippen LogP contribution is -2.12. The molecule has 0 aliphatic heterocycles. The number of anilines is 1. The van der Waals surface area contributed by atoms with Crippen LogP contribution >= 0.6 is 22.7 Å². The number of rotatable bonds is 5. The smallest absolute Gasteiger partial charge is 0.266 e. The molecule has 3 nitrogen and oxygen atoms in total. The standard InChI is InChI=1S/C26H22N2OS2/c1-3-6-20-19-7-4-5-8-22(19)30-24(20)25(29)27-18-12-10-17(11-13-18)26-28-21-14-9-16(2)15-23(21)31-26/h4-5,7-15H,3,6H2,1-2H3,(H,27,29). The number of fused-ring (bicyclic) bond motifs is 2. The highest BCUT2D eigenvalue weighted by atomic mass is 32.1. The molecule has 0 saturated carbocycles. The lowest BCUT2D eigenvalue weighted by atomic mass is 10.1. The normalized spacial score (nSPS) is 11.3. The maximum atomic E-state index is 13.1. The third kappa shape index (κ3) is 3.87. The minimum Gasteiger partial charge on any atom is -0.321 e. The molecule has 0 fully saturated rings. The first-order valence-corrected chi connectivity index (χ1v) is 12.0. The van der Waals surface area contributed by atoms with E-state index < -0.39 is 0 Å². The number of hydrogen-bond donors (Lipinski definition) is 1. The number of benzene rings is 3. The van der Waals surface area contributed by atoms with Gasteiger partial charge in [-0.1, -0.05) is 37.6 Å². The number of hydrogen-bond acceptors (Lipinski definition) is 4. The van der Waals surface area contributed by atoms with Crippen LogP contribution in [0, 0.1) is 6.92 Å². The molecule has 154 valence electrons. The highest BCUT2D eigenvalue weighted by Gasteiger charge is 2.18. The second-order valence-electron chi connectivity index (χ2n) is 7.68. The van der Waals surface area contributed by atoms with Crippen molar-refractivity contribution in [3.05, 3.63) is 82.7 Å². The van der Waals surface area contributed by atoms with Crippen molar-refractivity contribution in [2.24, 2.45) is 0 Å². The number of thiazole rings is 1. The summed E-state index contributed by atoms with van der Waals surface area (Å²) in [5.41, 5.74) is 5.28. The van der Waals surface area contributed by atoms with Gasteiger partial charge in [0.2, 0.25) is 0 Å². The molecule has 2 heterocycles. The van der Waals surface area contributed by atoms with E-state index in [4.69, 9.17) is 4.98 Å². The van der Waals surface area contributed by atoms with Gasteiger partial charge in [-0.25, -0.2) is 4.98 Å². The molecule has 1 amide bonds. The largest absolute Gasteiger partial charge is 0.321 e. The van der Waals surface area contributed by atoms with Crippen molar-refractivity contribution in [1.29, 1.82) is 0 Å². The lowest BCUT2D eigenvalue weighted by molar-refractivity contribution is 0.103. The van der Waals surface area contributed by atoms with Crippen LogP contribution in [0.2, 0.25) is 0 Å². The summed E-state index contributed by atoms with van der Waals surface area (Å²) in [6.07, 6.45) is 1.92. The third-order valence-corrected chi connectivity index (χ3v) is 7.62. The van der Waals surface area contributed by atoms with Crippen LogP contribution in [0.1, 0.15) is 34.1 Å². The molecule has 0 unspecified atom stereocenters. The number of aromatic nitrogens is 1. The van der Waals surface area contributed by atoms with E-state index in [0.29, 0.717) is 0 Å². The molecular weight excluding hydrogens is 420 g/mol. The van der Waals surface area contributed by atoms with Gasteiger partial charge in [0.05, 0.1) is 15.1 Å². The number of thiophene rings is 1. The summed E-state index contributed by atoms with van der Waals surface area (Å²) in [6, 6.07) is 22.6. The average Bonchev–Trinajstić information content (AvgIpc) is 3.36. The molecule has 0 spiro atoms. The fourth-order valence-corrected chi connectivity index (χ4v) is 6.04. The van der Waals surface area contributed by atoms with Crippen LogP contribution in [0.15, 0.2) is 66.7 Å². The predicted octanol–water partition coefficient (Wildman–Crippen LogP) is 7.69. The first-order chi connectivity index (χ1) is 15.1. The summed E-state index contributed by atoms with van der Waals surface area (Å²) in [7, 11) is 0. The van der Waals surface area contributed by atoms with Crippen LogP contribution in [0.3, 0.4) is 0 Å². The molecule has 0 aliphatic rings. The van der Waals surface area contributed by atoms with Gasteiger partial charge in [-0.3, -0.25) is 4.79 Å². The minimum absolute atomic E-state index is 0.0344. The van der Waals surface area contributed by atoms with Crippen LogP contribution in [0.25, 0.3) is 30.9 Å². The molecule has 0 bridgehead atoms. The summed E-state index contributed by atoms with van der Waals surface area (Å²) < 4.78 is 2.36. The average molecular weight is 443 g/mol. The van der Waals surface area contributed by atoms with Gasteiger partial charge in [-0.15, -0.1) is 22.7 Å². The topological polar surface area (TPSA) is 42.0 Å². The molecule has 0 radical (unpaired) electrons. The van der Waals surface area contributed by atoms with E-state index in [1.54, 1.807) is 22.7 Å². The molecule has 5 rings (SSSR count).